The van der Waals surface area contributed by atoms with Crippen LogP contribution in [0.2, 0.25) is 0 Å². The Balaban J connectivity index is 1.71. The van der Waals surface area contributed by atoms with Gasteiger partial charge in [0.05, 0.1) is 0 Å². The van der Waals surface area contributed by atoms with E-state index in [9.17, 15) is 4.79 Å². The van der Waals surface area contributed by atoms with E-state index in [-0.39, 0.29) is 5.91 Å². The molecule has 18 heavy (non-hydrogen) atoms. The molecule has 2 atom stereocenters. The Labute approximate surface area is 107 Å². The molecule has 2 fully saturated rings. The Morgan fingerprint density at radius 1 is 1.28 bits per heavy atom. The first-order valence-corrected chi connectivity index (χ1v) is 6.43. The van der Waals surface area contributed by atoms with Crippen molar-refractivity contribution in [3.8, 4) is 11.8 Å². The van der Waals surface area contributed by atoms with E-state index < -0.39 is 0 Å². The summed E-state index contributed by atoms with van der Waals surface area (Å²) in [5.74, 6) is 6.30. The summed E-state index contributed by atoms with van der Waals surface area (Å²) in [5.41, 5.74) is 0.895. The van der Waals surface area contributed by atoms with Gasteiger partial charge in [-0.25, -0.2) is 0 Å². The van der Waals surface area contributed by atoms with Gasteiger partial charge in [0.2, 0.25) is 0 Å². The molecule has 0 aromatic heterocycles. The molecular formula is C15H16N2O. The summed E-state index contributed by atoms with van der Waals surface area (Å²) in [4.78, 5) is 14.0. The van der Waals surface area contributed by atoms with Gasteiger partial charge < -0.3 is 10.2 Å². The van der Waals surface area contributed by atoms with Gasteiger partial charge in [-0.2, -0.15) is 0 Å². The lowest BCUT2D eigenvalue weighted by molar-refractivity contribution is -0.125. The highest BCUT2D eigenvalue weighted by Gasteiger charge is 2.39. The zero-order valence-electron chi connectivity index (χ0n) is 10.2. The van der Waals surface area contributed by atoms with Gasteiger partial charge in [-0.15, -0.1) is 0 Å². The van der Waals surface area contributed by atoms with Gasteiger partial charge >= 0.3 is 0 Å². The molecule has 1 amide bonds. The minimum Gasteiger partial charge on any atom is -0.327 e. The van der Waals surface area contributed by atoms with Gasteiger partial charge in [0, 0.05) is 37.2 Å². The molecular weight excluding hydrogens is 224 g/mol. The fraction of sp³-hybridized carbons (Fsp3) is 0.400. The monoisotopic (exact) mass is 240 g/mol. The summed E-state index contributed by atoms with van der Waals surface area (Å²) < 4.78 is 0. The van der Waals surface area contributed by atoms with Gasteiger partial charge in [0.1, 0.15) is 0 Å². The van der Waals surface area contributed by atoms with E-state index in [1.807, 2.05) is 35.2 Å². The average molecular weight is 240 g/mol. The molecule has 3 nitrogen and oxygen atoms in total. The van der Waals surface area contributed by atoms with Crippen molar-refractivity contribution in [1.29, 1.82) is 0 Å². The topological polar surface area (TPSA) is 32.3 Å². The van der Waals surface area contributed by atoms with Gasteiger partial charge in [-0.3, -0.25) is 4.79 Å². The maximum atomic E-state index is 12.1. The number of carbonyl (C=O) groups excluding carboxylic acids is 1. The van der Waals surface area contributed by atoms with Crippen LogP contribution in [-0.2, 0) is 4.79 Å². The molecule has 92 valence electrons. The number of nitrogens with zero attached hydrogens (tertiary/aromatic N) is 1. The van der Waals surface area contributed by atoms with Crippen LogP contribution in [0, 0.1) is 17.8 Å². The highest BCUT2D eigenvalue weighted by molar-refractivity contribution is 5.94. The van der Waals surface area contributed by atoms with Crippen molar-refractivity contribution in [2.24, 2.45) is 5.92 Å². The highest BCUT2D eigenvalue weighted by Crippen LogP contribution is 2.26. The largest absolute Gasteiger partial charge is 0.327 e. The number of rotatable bonds is 0. The van der Waals surface area contributed by atoms with E-state index in [0.717, 1.165) is 31.6 Å². The highest BCUT2D eigenvalue weighted by atomic mass is 16.2. The number of carbonyl (C=O) groups is 1. The lowest BCUT2D eigenvalue weighted by Crippen LogP contribution is -2.38. The van der Waals surface area contributed by atoms with Crippen LogP contribution < -0.4 is 5.32 Å². The molecule has 2 heterocycles. The van der Waals surface area contributed by atoms with E-state index in [2.05, 4.69) is 17.2 Å². The van der Waals surface area contributed by atoms with Gasteiger partial charge in [0.15, 0.2) is 0 Å². The SMILES string of the molecule is O=C(C#Cc1ccccc1)N1CC[C@@H]2CNC[C@@H]21. The number of hydrogen-bond acceptors (Lipinski definition) is 2. The first-order chi connectivity index (χ1) is 8.84. The third kappa shape index (κ3) is 2.12. The summed E-state index contributed by atoms with van der Waals surface area (Å²) in [6.07, 6.45) is 1.11. The van der Waals surface area contributed by atoms with E-state index in [1.165, 1.54) is 0 Å². The van der Waals surface area contributed by atoms with Crippen molar-refractivity contribution < 1.29 is 4.79 Å². The lowest BCUT2D eigenvalue weighted by Gasteiger charge is -2.20. The zero-order valence-corrected chi connectivity index (χ0v) is 10.2. The predicted molar refractivity (Wildman–Crippen MR) is 69.8 cm³/mol. The van der Waals surface area contributed by atoms with Crippen LogP contribution in [0.1, 0.15) is 12.0 Å². The molecule has 0 unspecified atom stereocenters. The second kappa shape index (κ2) is 4.83. The molecule has 1 aromatic carbocycles. The number of benzene rings is 1. The van der Waals surface area contributed by atoms with E-state index in [0.29, 0.717) is 12.0 Å². The van der Waals surface area contributed by atoms with Crippen LogP contribution in [0.4, 0.5) is 0 Å². The zero-order chi connectivity index (χ0) is 12.4. The molecule has 3 rings (SSSR count). The molecule has 2 aliphatic rings. The van der Waals surface area contributed by atoms with Crippen LogP contribution in [0.3, 0.4) is 0 Å². The van der Waals surface area contributed by atoms with Crippen LogP contribution in [0.5, 0.6) is 0 Å². The molecule has 2 aliphatic heterocycles. The van der Waals surface area contributed by atoms with Crippen molar-refractivity contribution in [3.63, 3.8) is 0 Å². The number of hydrogen-bond donors (Lipinski definition) is 1. The smallest absolute Gasteiger partial charge is 0.299 e. The molecule has 3 heteroatoms. The first-order valence-electron chi connectivity index (χ1n) is 6.43. The fourth-order valence-electron chi connectivity index (χ4n) is 2.82. The maximum Gasteiger partial charge on any atom is 0.299 e. The van der Waals surface area contributed by atoms with Gasteiger partial charge in [-0.1, -0.05) is 24.1 Å². The second-order valence-electron chi connectivity index (χ2n) is 4.89. The molecule has 1 aromatic rings. The molecule has 2 saturated heterocycles. The Hall–Kier alpha value is -1.79. The van der Waals surface area contributed by atoms with E-state index >= 15 is 0 Å². The van der Waals surface area contributed by atoms with Crippen molar-refractivity contribution in [1.82, 2.24) is 10.2 Å². The van der Waals surface area contributed by atoms with Crippen molar-refractivity contribution >= 4 is 5.91 Å². The quantitative estimate of drug-likeness (QED) is 0.682. The minimum absolute atomic E-state index is 0.0324. The molecule has 1 N–H and O–H groups in total. The number of fused-ring (bicyclic) bond motifs is 1. The Morgan fingerprint density at radius 2 is 2.11 bits per heavy atom. The maximum absolute atomic E-state index is 12.1. The molecule has 0 aliphatic carbocycles. The third-order valence-electron chi connectivity index (χ3n) is 3.79. The lowest BCUT2D eigenvalue weighted by atomic mass is 10.1. The van der Waals surface area contributed by atoms with Crippen LogP contribution >= 0.6 is 0 Å². The normalized spacial score (nSPS) is 25.4. The Morgan fingerprint density at radius 3 is 2.94 bits per heavy atom. The Bertz CT molecular complexity index is 500. The second-order valence-corrected chi connectivity index (χ2v) is 4.89. The Kier molecular flexibility index (Phi) is 3.04. The summed E-state index contributed by atoms with van der Waals surface area (Å²) in [7, 11) is 0. The summed E-state index contributed by atoms with van der Waals surface area (Å²) >= 11 is 0. The van der Waals surface area contributed by atoms with Gasteiger partial charge in [-0.05, 0) is 24.5 Å². The average Bonchev–Trinajstić information content (AvgIpc) is 2.99. The third-order valence-corrected chi connectivity index (χ3v) is 3.79. The van der Waals surface area contributed by atoms with Crippen molar-refractivity contribution in [3.05, 3.63) is 35.9 Å². The van der Waals surface area contributed by atoms with Gasteiger partial charge in [0.25, 0.3) is 5.91 Å². The standard InChI is InChI=1S/C15H16N2O/c18-15(7-6-12-4-2-1-3-5-12)17-9-8-13-10-16-11-14(13)17/h1-5,13-14,16H,8-11H2/t13-,14+/m1/s1. The summed E-state index contributed by atoms with van der Waals surface area (Å²) in [5, 5.41) is 3.34. The number of likely N-dealkylation sites (tertiary alicyclic amines) is 1. The van der Waals surface area contributed by atoms with Crippen LogP contribution in [0.25, 0.3) is 0 Å². The minimum atomic E-state index is -0.0324. The first kappa shape index (κ1) is 11.3. The number of amides is 1. The van der Waals surface area contributed by atoms with Crippen LogP contribution in [-0.4, -0.2) is 36.5 Å². The molecule has 0 spiro atoms. The van der Waals surface area contributed by atoms with Crippen molar-refractivity contribution in [2.45, 2.75) is 12.5 Å². The van der Waals surface area contributed by atoms with E-state index in [4.69, 9.17) is 0 Å². The van der Waals surface area contributed by atoms with E-state index in [1.54, 1.807) is 0 Å². The van der Waals surface area contributed by atoms with Crippen LogP contribution in [0.15, 0.2) is 30.3 Å². The number of nitrogens with one attached hydrogen (secondary N) is 1. The summed E-state index contributed by atoms with van der Waals surface area (Å²) in [6, 6.07) is 10.0. The van der Waals surface area contributed by atoms with Crippen molar-refractivity contribution in [2.75, 3.05) is 19.6 Å². The molecule has 0 saturated carbocycles. The summed E-state index contributed by atoms with van der Waals surface area (Å²) in [6.45, 7) is 2.82. The predicted octanol–water partition coefficient (Wildman–Crippen LogP) is 0.858. The molecule has 0 radical (unpaired) electrons. The molecule has 0 bridgehead atoms. The fourth-order valence-corrected chi connectivity index (χ4v) is 2.82.